The summed E-state index contributed by atoms with van der Waals surface area (Å²) >= 11 is 0. The Balaban J connectivity index is 1.27. The van der Waals surface area contributed by atoms with Crippen LogP contribution in [-0.4, -0.2) is 28.8 Å². The van der Waals surface area contributed by atoms with Gasteiger partial charge in [-0.3, -0.25) is 10.4 Å². The summed E-state index contributed by atoms with van der Waals surface area (Å²) in [5, 5.41) is 1.78. The van der Waals surface area contributed by atoms with Gasteiger partial charge in [-0.1, -0.05) is 36.4 Å². The summed E-state index contributed by atoms with van der Waals surface area (Å²) < 4.78 is 55.5. The molecule has 194 valence electrons. The minimum atomic E-state index is -4.74. The van der Waals surface area contributed by atoms with Crippen LogP contribution in [-0.2, 0) is 6.54 Å². The largest absolute Gasteiger partial charge is 0.573 e. The fourth-order valence-corrected chi connectivity index (χ4v) is 3.72. The summed E-state index contributed by atoms with van der Waals surface area (Å²) in [4.78, 5) is 4.26. The third-order valence-corrected chi connectivity index (χ3v) is 5.46. The van der Waals surface area contributed by atoms with E-state index in [0.717, 1.165) is 0 Å². The first-order chi connectivity index (χ1) is 18.4. The Hall–Kier alpha value is -4.86. The topological polar surface area (TPSA) is 60.2 Å². The fourth-order valence-electron chi connectivity index (χ4n) is 3.72. The summed E-state index contributed by atoms with van der Waals surface area (Å²) in [5.41, 5.74) is 4.51. The summed E-state index contributed by atoms with van der Waals surface area (Å²) in [7, 11) is 0. The van der Waals surface area contributed by atoms with Gasteiger partial charge in [-0.15, -0.1) is 13.2 Å². The van der Waals surface area contributed by atoms with Gasteiger partial charge in [0.25, 0.3) is 0 Å². The van der Waals surface area contributed by atoms with Crippen LogP contribution in [0.4, 0.5) is 13.2 Å². The molecule has 7 nitrogen and oxygen atoms in total. The molecule has 0 fully saturated rings. The van der Waals surface area contributed by atoms with E-state index >= 15 is 0 Å². The Bertz CT molecular complexity index is 1400. The minimum absolute atomic E-state index is 0.287. The van der Waals surface area contributed by atoms with Crippen LogP contribution in [0.2, 0.25) is 0 Å². The number of hydrogen-bond donors (Lipinski definition) is 1. The lowest BCUT2D eigenvalue weighted by molar-refractivity contribution is -0.274. The van der Waals surface area contributed by atoms with Crippen LogP contribution < -0.4 is 19.6 Å². The first kappa shape index (κ1) is 24.8. The molecule has 0 amide bonds. The predicted octanol–water partition coefficient (Wildman–Crippen LogP) is 6.82. The molecule has 10 heteroatoms. The maximum Gasteiger partial charge on any atom is 0.573 e. The SMILES string of the molecule is FC(F)(F)Oc1ccc(C2=CN=CN(CCn3ccc(Oc4ccccc4)c3Oc3ccccc3)N2)cc1. The summed E-state index contributed by atoms with van der Waals surface area (Å²) in [6.45, 7) is 1.02. The lowest BCUT2D eigenvalue weighted by atomic mass is 10.1. The van der Waals surface area contributed by atoms with E-state index in [0.29, 0.717) is 47.5 Å². The van der Waals surface area contributed by atoms with Crippen molar-refractivity contribution in [2.75, 3.05) is 6.54 Å². The van der Waals surface area contributed by atoms with Crippen LogP contribution in [0.1, 0.15) is 5.56 Å². The second-order valence-corrected chi connectivity index (χ2v) is 8.19. The summed E-state index contributed by atoms with van der Waals surface area (Å²) in [6, 6.07) is 26.3. The second kappa shape index (κ2) is 11.0. The zero-order valence-electron chi connectivity index (χ0n) is 20.0. The van der Waals surface area contributed by atoms with Crippen molar-refractivity contribution in [3.05, 3.63) is 109 Å². The number of halogens is 3. The van der Waals surface area contributed by atoms with E-state index in [2.05, 4.69) is 15.2 Å². The molecule has 5 rings (SSSR count). The summed E-state index contributed by atoms with van der Waals surface area (Å²) in [6.07, 6.45) is 0.376. The minimum Gasteiger partial charge on any atom is -0.452 e. The van der Waals surface area contributed by atoms with Crippen molar-refractivity contribution in [1.82, 2.24) is 15.0 Å². The molecule has 0 aliphatic carbocycles. The standard InChI is InChI=1S/C28H23F3N4O3/c29-28(30,31)38-24-13-11-21(12-14-24)25-19-32-20-35(33-25)18-17-34-16-15-26(36-22-7-3-1-4-8-22)27(34)37-23-9-5-2-6-10-23/h1-16,19-20,33H,17-18H2. The van der Waals surface area contributed by atoms with Gasteiger partial charge < -0.3 is 18.8 Å². The van der Waals surface area contributed by atoms with E-state index in [1.54, 1.807) is 17.5 Å². The number of aliphatic imine (C=N–C) groups is 1. The zero-order chi connectivity index (χ0) is 26.4. The Kier molecular flexibility index (Phi) is 7.21. The highest BCUT2D eigenvalue weighted by Crippen LogP contribution is 2.36. The first-order valence-corrected chi connectivity index (χ1v) is 11.7. The van der Waals surface area contributed by atoms with Crippen LogP contribution in [0, 0.1) is 0 Å². The molecular weight excluding hydrogens is 497 g/mol. The van der Waals surface area contributed by atoms with Crippen molar-refractivity contribution in [2.45, 2.75) is 12.9 Å². The van der Waals surface area contributed by atoms with Crippen LogP contribution in [0.15, 0.2) is 108 Å². The van der Waals surface area contributed by atoms with Gasteiger partial charge in [0.15, 0.2) is 5.75 Å². The first-order valence-electron chi connectivity index (χ1n) is 11.7. The molecule has 0 spiro atoms. The number of aromatic nitrogens is 1. The molecule has 4 aromatic rings. The zero-order valence-corrected chi connectivity index (χ0v) is 20.0. The van der Waals surface area contributed by atoms with Gasteiger partial charge in [-0.05, 0) is 48.5 Å². The van der Waals surface area contributed by atoms with E-state index in [1.165, 1.54) is 24.3 Å². The third kappa shape index (κ3) is 6.47. The maximum absolute atomic E-state index is 12.4. The van der Waals surface area contributed by atoms with E-state index < -0.39 is 6.36 Å². The van der Waals surface area contributed by atoms with Gasteiger partial charge in [0.05, 0.1) is 18.4 Å². The molecule has 0 atom stereocenters. The van der Waals surface area contributed by atoms with Gasteiger partial charge in [0, 0.05) is 24.4 Å². The third-order valence-electron chi connectivity index (χ3n) is 5.46. The lowest BCUT2D eigenvalue weighted by Crippen LogP contribution is -2.39. The van der Waals surface area contributed by atoms with Crippen molar-refractivity contribution in [1.29, 1.82) is 0 Å². The molecule has 1 aromatic heterocycles. The van der Waals surface area contributed by atoms with E-state index in [9.17, 15) is 13.2 Å². The molecule has 2 heterocycles. The Morgan fingerprint density at radius 3 is 2.05 bits per heavy atom. The molecule has 1 N–H and O–H groups in total. The molecule has 1 aliphatic rings. The average Bonchev–Trinajstić information content (AvgIpc) is 3.29. The molecule has 0 saturated heterocycles. The number of benzene rings is 3. The van der Waals surface area contributed by atoms with Gasteiger partial charge >= 0.3 is 6.36 Å². The molecule has 38 heavy (non-hydrogen) atoms. The van der Waals surface area contributed by atoms with Crippen molar-refractivity contribution >= 4 is 12.0 Å². The summed E-state index contributed by atoms with van der Waals surface area (Å²) in [5.74, 6) is 2.19. The smallest absolute Gasteiger partial charge is 0.452 e. The molecular formula is C28H23F3N4O3. The fraction of sp³-hybridized carbons (Fsp3) is 0.107. The molecule has 3 aromatic carbocycles. The molecule has 0 radical (unpaired) electrons. The van der Waals surface area contributed by atoms with Crippen LogP contribution in [0.5, 0.6) is 28.9 Å². The lowest BCUT2D eigenvalue weighted by Gasteiger charge is -2.26. The van der Waals surface area contributed by atoms with E-state index in [-0.39, 0.29) is 5.75 Å². The normalized spacial score (nSPS) is 13.0. The highest BCUT2D eigenvalue weighted by Gasteiger charge is 2.31. The van der Waals surface area contributed by atoms with Crippen molar-refractivity contribution in [3.8, 4) is 28.9 Å². The predicted molar refractivity (Wildman–Crippen MR) is 137 cm³/mol. The van der Waals surface area contributed by atoms with Gasteiger partial charge in [0.1, 0.15) is 23.6 Å². The Morgan fingerprint density at radius 2 is 1.39 bits per heavy atom. The Labute approximate surface area is 217 Å². The van der Waals surface area contributed by atoms with Crippen LogP contribution in [0.25, 0.3) is 5.70 Å². The van der Waals surface area contributed by atoms with Crippen molar-refractivity contribution in [2.24, 2.45) is 4.99 Å². The average molecular weight is 521 g/mol. The number of hydrogen-bond acceptors (Lipinski definition) is 6. The highest BCUT2D eigenvalue weighted by atomic mass is 19.4. The number of rotatable bonds is 9. The maximum atomic E-state index is 12.4. The number of alkyl halides is 3. The second-order valence-electron chi connectivity index (χ2n) is 8.19. The van der Waals surface area contributed by atoms with Gasteiger partial charge in [-0.25, -0.2) is 4.99 Å². The number of para-hydroxylation sites is 2. The van der Waals surface area contributed by atoms with Crippen LogP contribution in [0.3, 0.4) is 0 Å². The quantitative estimate of drug-likeness (QED) is 0.263. The van der Waals surface area contributed by atoms with Gasteiger partial charge in [0.2, 0.25) is 5.88 Å². The van der Waals surface area contributed by atoms with Crippen molar-refractivity contribution < 1.29 is 27.4 Å². The van der Waals surface area contributed by atoms with Gasteiger partial charge in [-0.2, -0.15) is 0 Å². The molecule has 0 bridgehead atoms. The van der Waals surface area contributed by atoms with Crippen LogP contribution >= 0.6 is 0 Å². The number of nitrogens with zero attached hydrogens (tertiary/aromatic N) is 3. The number of ether oxygens (including phenoxy) is 3. The highest BCUT2D eigenvalue weighted by molar-refractivity contribution is 5.70. The van der Waals surface area contributed by atoms with E-state index in [4.69, 9.17) is 9.47 Å². The van der Waals surface area contributed by atoms with E-state index in [1.807, 2.05) is 77.5 Å². The monoisotopic (exact) mass is 520 g/mol. The molecule has 0 unspecified atom stereocenters. The van der Waals surface area contributed by atoms with Crippen molar-refractivity contribution in [3.63, 3.8) is 0 Å². The Morgan fingerprint density at radius 1 is 0.737 bits per heavy atom. The number of hydrazine groups is 1. The molecule has 0 saturated carbocycles. The molecule has 1 aliphatic heterocycles. The number of nitrogens with one attached hydrogen (secondary N) is 1.